The standard InChI is InChI=1S/C21H14S2/c22-18-10-9-16-14-7-3-4-8-15(14)19-13-6-2-1-5-12(13)11-17(19)20(16)21(18)23/h1-10,22-23H,11H2. The summed E-state index contributed by atoms with van der Waals surface area (Å²) in [4.78, 5) is 1.93. The predicted octanol–water partition coefficient (Wildman–Crippen LogP) is 6.14. The molecule has 4 aromatic carbocycles. The van der Waals surface area contributed by atoms with Gasteiger partial charge < -0.3 is 0 Å². The molecule has 0 saturated heterocycles. The molecule has 0 aliphatic heterocycles. The molecule has 0 aromatic heterocycles. The van der Waals surface area contributed by atoms with Crippen LogP contribution in [0.2, 0.25) is 0 Å². The largest absolute Gasteiger partial charge is 0.142 e. The highest BCUT2D eigenvalue weighted by Gasteiger charge is 2.24. The van der Waals surface area contributed by atoms with E-state index in [0.29, 0.717) is 0 Å². The Morgan fingerprint density at radius 2 is 1.43 bits per heavy atom. The molecule has 0 heterocycles. The predicted molar refractivity (Wildman–Crippen MR) is 104 cm³/mol. The maximum absolute atomic E-state index is 4.79. The van der Waals surface area contributed by atoms with Gasteiger partial charge in [-0.2, -0.15) is 0 Å². The molecule has 0 atom stereocenters. The average molecular weight is 330 g/mol. The summed E-state index contributed by atoms with van der Waals surface area (Å²) in [6.45, 7) is 0. The van der Waals surface area contributed by atoms with Crippen LogP contribution < -0.4 is 0 Å². The highest BCUT2D eigenvalue weighted by atomic mass is 32.1. The highest BCUT2D eigenvalue weighted by Crippen LogP contribution is 2.47. The fourth-order valence-electron chi connectivity index (χ4n) is 3.93. The van der Waals surface area contributed by atoms with Crippen molar-refractivity contribution in [3.05, 3.63) is 71.8 Å². The summed E-state index contributed by atoms with van der Waals surface area (Å²) < 4.78 is 0. The van der Waals surface area contributed by atoms with Crippen LogP contribution in [-0.2, 0) is 6.42 Å². The number of hydrogen-bond donors (Lipinski definition) is 2. The molecule has 2 heteroatoms. The molecule has 0 fully saturated rings. The molecule has 0 amide bonds. The number of thiol groups is 2. The molecule has 1 aliphatic carbocycles. The van der Waals surface area contributed by atoms with E-state index in [-0.39, 0.29) is 0 Å². The Morgan fingerprint density at radius 3 is 2.30 bits per heavy atom. The summed E-state index contributed by atoms with van der Waals surface area (Å²) in [5, 5.41) is 5.15. The summed E-state index contributed by atoms with van der Waals surface area (Å²) >= 11 is 9.38. The van der Waals surface area contributed by atoms with Crippen LogP contribution in [0.25, 0.3) is 32.7 Å². The Kier molecular flexibility index (Phi) is 2.82. The van der Waals surface area contributed by atoms with Gasteiger partial charge in [0, 0.05) is 15.2 Å². The topological polar surface area (TPSA) is 0 Å². The van der Waals surface area contributed by atoms with E-state index in [2.05, 4.69) is 73.3 Å². The second kappa shape index (κ2) is 4.80. The van der Waals surface area contributed by atoms with E-state index in [1.165, 1.54) is 43.8 Å². The zero-order valence-electron chi connectivity index (χ0n) is 12.4. The molecule has 23 heavy (non-hydrogen) atoms. The van der Waals surface area contributed by atoms with Crippen molar-refractivity contribution in [3.8, 4) is 11.1 Å². The fourth-order valence-corrected chi connectivity index (χ4v) is 4.44. The van der Waals surface area contributed by atoms with Crippen molar-refractivity contribution in [2.75, 3.05) is 0 Å². The third-order valence-corrected chi connectivity index (χ3v) is 5.91. The SMILES string of the molecule is Sc1ccc2c(c1S)c1c(c3ccccc32)-c2ccccc2C1. The lowest BCUT2D eigenvalue weighted by Gasteiger charge is -2.15. The van der Waals surface area contributed by atoms with Crippen molar-refractivity contribution in [3.63, 3.8) is 0 Å². The fraction of sp³-hybridized carbons (Fsp3) is 0.0476. The number of fused-ring (bicyclic) bond motifs is 8. The zero-order chi connectivity index (χ0) is 15.6. The number of benzene rings is 4. The van der Waals surface area contributed by atoms with Gasteiger partial charge in [0.05, 0.1) is 0 Å². The van der Waals surface area contributed by atoms with Crippen molar-refractivity contribution in [2.24, 2.45) is 0 Å². The van der Waals surface area contributed by atoms with Crippen LogP contribution >= 0.6 is 25.3 Å². The van der Waals surface area contributed by atoms with Gasteiger partial charge in [-0.1, -0.05) is 54.6 Å². The lowest BCUT2D eigenvalue weighted by molar-refractivity contribution is 1.25. The van der Waals surface area contributed by atoms with E-state index in [1.54, 1.807) is 0 Å². The molecule has 0 N–H and O–H groups in total. The molecule has 0 unspecified atom stereocenters. The van der Waals surface area contributed by atoms with E-state index < -0.39 is 0 Å². The quantitative estimate of drug-likeness (QED) is 0.247. The van der Waals surface area contributed by atoms with Crippen LogP contribution in [0.3, 0.4) is 0 Å². The van der Waals surface area contributed by atoms with Gasteiger partial charge in [0.15, 0.2) is 0 Å². The molecule has 0 nitrogen and oxygen atoms in total. The Bertz CT molecular complexity index is 1110. The van der Waals surface area contributed by atoms with Gasteiger partial charge in [-0.25, -0.2) is 0 Å². The minimum Gasteiger partial charge on any atom is -0.142 e. The molecule has 0 bridgehead atoms. The van der Waals surface area contributed by atoms with Crippen molar-refractivity contribution in [1.29, 1.82) is 0 Å². The third-order valence-electron chi connectivity index (χ3n) is 4.90. The van der Waals surface area contributed by atoms with Gasteiger partial charge in [-0.3, -0.25) is 0 Å². The van der Waals surface area contributed by atoms with Gasteiger partial charge in [0.2, 0.25) is 0 Å². The van der Waals surface area contributed by atoms with Crippen LogP contribution in [0.4, 0.5) is 0 Å². The highest BCUT2D eigenvalue weighted by molar-refractivity contribution is 7.83. The van der Waals surface area contributed by atoms with Gasteiger partial charge >= 0.3 is 0 Å². The zero-order valence-corrected chi connectivity index (χ0v) is 14.2. The van der Waals surface area contributed by atoms with Gasteiger partial charge in [-0.05, 0) is 50.9 Å². The molecule has 0 radical (unpaired) electrons. The smallest absolute Gasteiger partial charge is 0.0256 e. The van der Waals surface area contributed by atoms with Crippen LogP contribution in [0.15, 0.2) is 70.5 Å². The molecule has 110 valence electrons. The van der Waals surface area contributed by atoms with Crippen molar-refractivity contribution >= 4 is 46.8 Å². The van der Waals surface area contributed by atoms with E-state index in [0.717, 1.165) is 16.2 Å². The molecule has 4 aromatic rings. The summed E-state index contributed by atoms with van der Waals surface area (Å²) in [6.07, 6.45) is 0.970. The van der Waals surface area contributed by atoms with Crippen molar-refractivity contribution in [1.82, 2.24) is 0 Å². The second-order valence-corrected chi connectivity index (χ2v) is 7.02. The van der Waals surface area contributed by atoms with Crippen LogP contribution in [-0.4, -0.2) is 0 Å². The van der Waals surface area contributed by atoms with E-state index in [4.69, 9.17) is 12.6 Å². The minimum absolute atomic E-state index is 0.939. The first-order valence-corrected chi connectivity index (χ1v) is 8.61. The third kappa shape index (κ3) is 1.76. The van der Waals surface area contributed by atoms with E-state index >= 15 is 0 Å². The summed E-state index contributed by atoms with van der Waals surface area (Å²) in [5.41, 5.74) is 5.52. The Morgan fingerprint density at radius 1 is 0.696 bits per heavy atom. The van der Waals surface area contributed by atoms with Gasteiger partial charge in [0.1, 0.15) is 0 Å². The van der Waals surface area contributed by atoms with Crippen LogP contribution in [0.5, 0.6) is 0 Å². The average Bonchev–Trinajstić information content (AvgIpc) is 2.97. The second-order valence-electron chi connectivity index (χ2n) is 6.09. The Balaban J connectivity index is 2.09. The number of rotatable bonds is 0. The van der Waals surface area contributed by atoms with E-state index in [9.17, 15) is 0 Å². The maximum atomic E-state index is 4.79. The van der Waals surface area contributed by atoms with Crippen LogP contribution in [0, 0.1) is 0 Å². The molecule has 1 aliphatic rings. The summed E-state index contributed by atoms with van der Waals surface area (Å²) in [5.74, 6) is 0. The monoisotopic (exact) mass is 330 g/mol. The van der Waals surface area contributed by atoms with Crippen molar-refractivity contribution < 1.29 is 0 Å². The van der Waals surface area contributed by atoms with Crippen molar-refractivity contribution in [2.45, 2.75) is 16.2 Å². The molecule has 5 rings (SSSR count). The Hall–Kier alpha value is -1.90. The molecular formula is C21H14S2. The van der Waals surface area contributed by atoms with Gasteiger partial charge in [-0.15, -0.1) is 25.3 Å². The first-order valence-electron chi connectivity index (χ1n) is 7.72. The van der Waals surface area contributed by atoms with Crippen LogP contribution in [0.1, 0.15) is 11.1 Å². The van der Waals surface area contributed by atoms with E-state index in [1.807, 2.05) is 0 Å². The normalized spacial score (nSPS) is 12.6. The molecule has 0 spiro atoms. The first kappa shape index (κ1) is 13.5. The molecular weight excluding hydrogens is 316 g/mol. The minimum atomic E-state index is 0.939. The Labute approximate surface area is 146 Å². The summed E-state index contributed by atoms with van der Waals surface area (Å²) in [6, 6.07) is 21.7. The maximum Gasteiger partial charge on any atom is 0.0256 e. The van der Waals surface area contributed by atoms with Gasteiger partial charge in [0.25, 0.3) is 0 Å². The lowest BCUT2D eigenvalue weighted by atomic mass is 9.91. The summed E-state index contributed by atoms with van der Waals surface area (Å²) in [7, 11) is 0. The first-order chi connectivity index (χ1) is 11.3. The number of hydrogen-bond acceptors (Lipinski definition) is 2. The molecule has 0 saturated carbocycles. The lowest BCUT2D eigenvalue weighted by Crippen LogP contribution is -1.90.